The van der Waals surface area contributed by atoms with Crippen molar-refractivity contribution in [2.24, 2.45) is 11.8 Å². The standard InChI is InChI=1S/C32H55N5O10/c1-10-19(4)25(30(44)36(9)26(18(2)3)31(45)35(8)20(5)27(41)33-14-13-24(39)40)34-28(42)22-12-11-15-37(22)29(43)23(38)16-21-17-46-32(6,7)47-21/h18-23,25-26,38H,10-17H2,1-9H3,(H,33,41)(H,34,42)(H,39,40)/t19-,20-,21-,22-,23+,25-,26-/m0/s1. The topological polar surface area (TPSA) is 195 Å². The molecule has 0 radical (unpaired) electrons. The number of carbonyl (C=O) groups is 6. The van der Waals surface area contributed by atoms with Crippen molar-refractivity contribution in [3.8, 4) is 0 Å². The second kappa shape index (κ2) is 17.2. The van der Waals surface area contributed by atoms with Crippen LogP contribution in [0, 0.1) is 11.8 Å². The molecule has 0 unspecified atom stereocenters. The zero-order valence-electron chi connectivity index (χ0n) is 29.3. The third-order valence-corrected chi connectivity index (χ3v) is 9.05. The van der Waals surface area contributed by atoms with Crippen molar-refractivity contribution in [1.29, 1.82) is 0 Å². The first-order chi connectivity index (χ1) is 21.8. The number of nitrogens with one attached hydrogen (secondary N) is 2. The number of rotatable bonds is 16. The fourth-order valence-corrected chi connectivity index (χ4v) is 5.93. The third kappa shape index (κ3) is 10.6. The minimum Gasteiger partial charge on any atom is -0.481 e. The van der Waals surface area contributed by atoms with E-state index in [1.54, 1.807) is 27.7 Å². The normalized spacial score (nSPS) is 22.1. The lowest BCUT2D eigenvalue weighted by Gasteiger charge is -2.38. The number of carbonyl (C=O) groups excluding carboxylic acids is 5. The molecular weight excluding hydrogens is 614 g/mol. The van der Waals surface area contributed by atoms with E-state index in [4.69, 9.17) is 14.6 Å². The summed E-state index contributed by atoms with van der Waals surface area (Å²) in [6, 6.07) is -3.81. The molecule has 2 aliphatic heterocycles. The lowest BCUT2D eigenvalue weighted by Crippen LogP contribution is -2.61. The SMILES string of the molecule is CC[C@H](C)[C@H](NC(=O)[C@@H]1CCCN1C(=O)[C@H](O)C[C@H]1COC(C)(C)O1)C(=O)N(C)[C@H](C(=O)N(C)[C@@H](C)C(=O)NCCC(=O)O)C(C)C. The molecule has 2 fully saturated rings. The molecule has 0 aromatic rings. The van der Waals surface area contributed by atoms with Crippen LogP contribution in [0.2, 0.25) is 0 Å². The maximum atomic E-state index is 14.0. The van der Waals surface area contributed by atoms with Crippen LogP contribution in [-0.4, -0.2) is 136 Å². The van der Waals surface area contributed by atoms with Crippen LogP contribution in [0.1, 0.15) is 80.6 Å². The quantitative estimate of drug-likeness (QED) is 0.178. The molecule has 7 atom stereocenters. The van der Waals surface area contributed by atoms with Gasteiger partial charge in [0.15, 0.2) is 5.79 Å². The Bertz CT molecular complexity index is 1150. The van der Waals surface area contributed by atoms with E-state index in [9.17, 15) is 33.9 Å². The number of hydrogen-bond donors (Lipinski definition) is 4. The van der Waals surface area contributed by atoms with Gasteiger partial charge in [0, 0.05) is 33.6 Å². The van der Waals surface area contributed by atoms with Crippen molar-refractivity contribution in [2.45, 2.75) is 123 Å². The van der Waals surface area contributed by atoms with E-state index >= 15 is 0 Å². The van der Waals surface area contributed by atoms with Crippen molar-refractivity contribution in [1.82, 2.24) is 25.3 Å². The summed E-state index contributed by atoms with van der Waals surface area (Å²) in [6.07, 6.45) is -0.652. The highest BCUT2D eigenvalue weighted by Crippen LogP contribution is 2.27. The van der Waals surface area contributed by atoms with E-state index in [-0.39, 0.29) is 44.4 Å². The minimum atomic E-state index is -1.39. The molecule has 0 bridgehead atoms. The molecule has 0 aromatic heterocycles. The van der Waals surface area contributed by atoms with Crippen LogP contribution in [0.3, 0.4) is 0 Å². The minimum absolute atomic E-state index is 0.0214. The molecule has 2 rings (SSSR count). The Morgan fingerprint density at radius 3 is 2.19 bits per heavy atom. The van der Waals surface area contributed by atoms with Crippen LogP contribution in [0.4, 0.5) is 0 Å². The molecule has 15 nitrogen and oxygen atoms in total. The van der Waals surface area contributed by atoms with Crippen molar-refractivity contribution in [3.05, 3.63) is 0 Å². The summed E-state index contributed by atoms with van der Waals surface area (Å²) in [5.74, 6) is -5.19. The molecule has 0 saturated carbocycles. The fourth-order valence-electron chi connectivity index (χ4n) is 5.93. The van der Waals surface area contributed by atoms with Crippen molar-refractivity contribution >= 4 is 35.5 Å². The summed E-state index contributed by atoms with van der Waals surface area (Å²) in [6.45, 7) is 12.7. The van der Waals surface area contributed by atoms with Gasteiger partial charge in [0.1, 0.15) is 30.3 Å². The van der Waals surface area contributed by atoms with Gasteiger partial charge in [-0.2, -0.15) is 0 Å². The Morgan fingerprint density at radius 1 is 1.02 bits per heavy atom. The van der Waals surface area contributed by atoms with E-state index in [0.717, 1.165) is 0 Å². The van der Waals surface area contributed by atoms with Gasteiger partial charge >= 0.3 is 5.97 Å². The van der Waals surface area contributed by atoms with E-state index in [1.165, 1.54) is 35.7 Å². The maximum Gasteiger partial charge on any atom is 0.305 e. The zero-order chi connectivity index (χ0) is 35.8. The molecule has 0 aliphatic carbocycles. The van der Waals surface area contributed by atoms with E-state index in [2.05, 4.69) is 10.6 Å². The molecule has 2 heterocycles. The monoisotopic (exact) mass is 669 g/mol. The molecule has 15 heteroatoms. The molecule has 2 saturated heterocycles. The van der Waals surface area contributed by atoms with Crippen LogP contribution >= 0.6 is 0 Å². The lowest BCUT2D eigenvalue weighted by atomic mass is 9.94. The second-order valence-electron chi connectivity index (χ2n) is 13.5. The molecule has 268 valence electrons. The van der Waals surface area contributed by atoms with Crippen molar-refractivity contribution < 1.29 is 48.5 Å². The highest BCUT2D eigenvalue weighted by Gasteiger charge is 2.43. The van der Waals surface area contributed by atoms with E-state index in [1.807, 2.05) is 13.8 Å². The number of likely N-dealkylation sites (tertiary alicyclic amines) is 1. The first-order valence-corrected chi connectivity index (χ1v) is 16.5. The predicted molar refractivity (Wildman–Crippen MR) is 171 cm³/mol. The Balaban J connectivity index is 2.16. The number of aliphatic hydroxyl groups is 1. The third-order valence-electron chi connectivity index (χ3n) is 9.05. The van der Waals surface area contributed by atoms with Gasteiger partial charge in [0.2, 0.25) is 23.6 Å². The maximum absolute atomic E-state index is 14.0. The molecular formula is C32H55N5O10. The summed E-state index contributed by atoms with van der Waals surface area (Å²) in [5.41, 5.74) is 0. The van der Waals surface area contributed by atoms with Crippen molar-refractivity contribution in [3.63, 3.8) is 0 Å². The number of carboxylic acid groups (broad SMARTS) is 1. The van der Waals surface area contributed by atoms with Crippen LogP contribution < -0.4 is 10.6 Å². The van der Waals surface area contributed by atoms with E-state index < -0.39 is 77.7 Å². The average molecular weight is 670 g/mol. The summed E-state index contributed by atoms with van der Waals surface area (Å²) >= 11 is 0. The molecule has 0 spiro atoms. The largest absolute Gasteiger partial charge is 0.481 e. The van der Waals surface area contributed by atoms with Crippen LogP contribution in [0.5, 0.6) is 0 Å². The molecule has 47 heavy (non-hydrogen) atoms. The van der Waals surface area contributed by atoms with Gasteiger partial charge < -0.3 is 45.0 Å². The van der Waals surface area contributed by atoms with Gasteiger partial charge in [-0.15, -0.1) is 0 Å². The van der Waals surface area contributed by atoms with Gasteiger partial charge in [-0.25, -0.2) is 0 Å². The Labute approximate surface area is 277 Å². The number of ether oxygens (including phenoxy) is 2. The van der Waals surface area contributed by atoms with Gasteiger partial charge in [0.05, 0.1) is 19.1 Å². The highest BCUT2D eigenvalue weighted by atomic mass is 16.7. The van der Waals surface area contributed by atoms with Gasteiger partial charge in [0.25, 0.3) is 5.91 Å². The van der Waals surface area contributed by atoms with Crippen LogP contribution in [0.25, 0.3) is 0 Å². The summed E-state index contributed by atoms with van der Waals surface area (Å²) < 4.78 is 11.2. The number of amides is 5. The number of aliphatic carboxylic acids is 1. The van der Waals surface area contributed by atoms with Crippen molar-refractivity contribution in [2.75, 3.05) is 33.8 Å². The lowest BCUT2D eigenvalue weighted by molar-refractivity contribution is -0.153. The number of nitrogens with zero attached hydrogens (tertiary/aromatic N) is 3. The predicted octanol–water partition coefficient (Wildman–Crippen LogP) is 0.332. The Hall–Kier alpha value is -3.30. The first-order valence-electron chi connectivity index (χ1n) is 16.5. The number of aliphatic hydroxyl groups excluding tert-OH is 1. The van der Waals surface area contributed by atoms with Crippen LogP contribution in [-0.2, 0) is 38.2 Å². The Morgan fingerprint density at radius 2 is 1.66 bits per heavy atom. The summed E-state index contributed by atoms with van der Waals surface area (Å²) in [4.78, 5) is 81.8. The van der Waals surface area contributed by atoms with Gasteiger partial charge in [-0.05, 0) is 45.4 Å². The number of likely N-dealkylation sites (N-methyl/N-ethyl adjacent to an activating group) is 2. The number of carboxylic acids is 1. The highest BCUT2D eigenvalue weighted by molar-refractivity contribution is 5.96. The van der Waals surface area contributed by atoms with E-state index in [0.29, 0.717) is 19.3 Å². The van der Waals surface area contributed by atoms with Gasteiger partial charge in [-0.3, -0.25) is 28.8 Å². The molecule has 0 aromatic carbocycles. The first kappa shape index (κ1) is 39.9. The molecule has 5 amide bonds. The Kier molecular flexibility index (Phi) is 14.6. The number of hydrogen-bond acceptors (Lipinski definition) is 9. The van der Waals surface area contributed by atoms with Crippen LogP contribution in [0.15, 0.2) is 0 Å². The zero-order valence-corrected chi connectivity index (χ0v) is 29.3. The smallest absolute Gasteiger partial charge is 0.305 e. The summed E-state index contributed by atoms with van der Waals surface area (Å²) in [5, 5.41) is 24.9. The fraction of sp³-hybridized carbons (Fsp3) is 0.812. The van der Waals surface area contributed by atoms with Gasteiger partial charge in [-0.1, -0.05) is 34.1 Å². The molecule has 4 N–H and O–H groups in total. The average Bonchev–Trinajstić information content (AvgIpc) is 3.63. The molecule has 2 aliphatic rings. The second-order valence-corrected chi connectivity index (χ2v) is 13.5. The summed E-state index contributed by atoms with van der Waals surface area (Å²) in [7, 11) is 2.92.